The summed E-state index contributed by atoms with van der Waals surface area (Å²) in [6.07, 6.45) is 1.80. The highest BCUT2D eigenvalue weighted by Crippen LogP contribution is 2.38. The van der Waals surface area contributed by atoms with Crippen LogP contribution in [0.5, 0.6) is 17.2 Å². The van der Waals surface area contributed by atoms with E-state index in [0.29, 0.717) is 23.7 Å². The lowest BCUT2D eigenvalue weighted by Gasteiger charge is -2.14. The molecule has 1 aromatic rings. The van der Waals surface area contributed by atoms with Gasteiger partial charge in [-0.25, -0.2) is 8.42 Å². The third-order valence-electron chi connectivity index (χ3n) is 2.81. The normalized spacial score (nSPS) is 15.2. The van der Waals surface area contributed by atoms with Gasteiger partial charge in [-0.3, -0.25) is 0 Å². The monoisotopic (exact) mass is 301 g/mol. The minimum Gasteiger partial charge on any atom is -0.492 e. The van der Waals surface area contributed by atoms with Crippen LogP contribution in [0.2, 0.25) is 0 Å². The van der Waals surface area contributed by atoms with Crippen molar-refractivity contribution in [3.8, 4) is 17.2 Å². The van der Waals surface area contributed by atoms with Crippen LogP contribution in [-0.2, 0) is 16.3 Å². The molecule has 0 aromatic heterocycles. The maximum Gasteiger partial charge on any atom is 0.231 e. The highest BCUT2D eigenvalue weighted by Gasteiger charge is 2.19. The van der Waals surface area contributed by atoms with E-state index in [9.17, 15) is 8.42 Å². The van der Waals surface area contributed by atoms with Gasteiger partial charge in [-0.05, 0) is 25.0 Å². The van der Waals surface area contributed by atoms with E-state index in [1.807, 2.05) is 13.0 Å². The molecule has 20 heavy (non-hydrogen) atoms. The van der Waals surface area contributed by atoms with E-state index in [-0.39, 0.29) is 25.2 Å². The third-order valence-corrected chi connectivity index (χ3v) is 3.72. The summed E-state index contributed by atoms with van der Waals surface area (Å²) >= 11 is 0. The molecule has 0 fully saturated rings. The van der Waals surface area contributed by atoms with Gasteiger partial charge in [-0.1, -0.05) is 0 Å². The predicted molar refractivity (Wildman–Crippen MR) is 75.1 cm³/mol. The second-order valence-electron chi connectivity index (χ2n) is 4.97. The van der Waals surface area contributed by atoms with E-state index in [0.717, 1.165) is 5.56 Å². The Morgan fingerprint density at radius 3 is 2.60 bits per heavy atom. The van der Waals surface area contributed by atoms with E-state index in [2.05, 4.69) is 0 Å². The van der Waals surface area contributed by atoms with Crippen LogP contribution in [0.25, 0.3) is 0 Å². The number of sulfone groups is 1. The van der Waals surface area contributed by atoms with Gasteiger partial charge in [0.25, 0.3) is 0 Å². The Labute approximate surface area is 118 Å². The summed E-state index contributed by atoms with van der Waals surface area (Å²) in [5.74, 6) is 1.83. The van der Waals surface area contributed by atoms with Gasteiger partial charge in [0.1, 0.15) is 12.4 Å². The number of ether oxygens (including phenoxy) is 3. The lowest BCUT2D eigenvalue weighted by molar-refractivity contribution is 0.173. The van der Waals surface area contributed by atoms with Crippen LogP contribution in [0.15, 0.2) is 12.1 Å². The quantitative estimate of drug-likeness (QED) is 0.833. The first-order valence-electron chi connectivity index (χ1n) is 6.34. The molecule has 1 aliphatic heterocycles. The van der Waals surface area contributed by atoms with Gasteiger partial charge in [-0.15, -0.1) is 0 Å². The van der Waals surface area contributed by atoms with E-state index >= 15 is 0 Å². The van der Waals surface area contributed by atoms with Crippen LogP contribution in [0.4, 0.5) is 0 Å². The zero-order valence-corrected chi connectivity index (χ0v) is 12.4. The maximum absolute atomic E-state index is 11.1. The Kier molecular flexibility index (Phi) is 4.39. The smallest absolute Gasteiger partial charge is 0.231 e. The highest BCUT2D eigenvalue weighted by atomic mass is 32.2. The molecule has 1 heterocycles. The Morgan fingerprint density at radius 2 is 2.00 bits per heavy atom. The maximum atomic E-state index is 11.1. The van der Waals surface area contributed by atoms with Crippen molar-refractivity contribution in [3.63, 3.8) is 0 Å². The minimum absolute atomic E-state index is 0.0287. The first-order valence-corrected chi connectivity index (χ1v) is 8.40. The fraction of sp³-hybridized carbons (Fsp3) is 0.538. The zero-order chi connectivity index (χ0) is 14.8. The molecule has 1 aromatic carbocycles. The van der Waals surface area contributed by atoms with Crippen LogP contribution in [0.1, 0.15) is 12.5 Å². The van der Waals surface area contributed by atoms with E-state index < -0.39 is 9.84 Å². The van der Waals surface area contributed by atoms with Gasteiger partial charge in [0, 0.05) is 18.4 Å². The molecule has 1 unspecified atom stereocenters. The van der Waals surface area contributed by atoms with E-state index in [4.69, 9.17) is 19.9 Å². The number of fused-ring (bicyclic) bond motifs is 1. The van der Waals surface area contributed by atoms with Gasteiger partial charge in [-0.2, -0.15) is 0 Å². The Balaban J connectivity index is 2.16. The average Bonchev–Trinajstić information content (AvgIpc) is 2.73. The molecule has 0 spiro atoms. The molecular formula is C13H19NO5S. The van der Waals surface area contributed by atoms with Crippen LogP contribution < -0.4 is 19.9 Å². The minimum atomic E-state index is -3.05. The van der Waals surface area contributed by atoms with E-state index in [1.165, 1.54) is 6.26 Å². The molecule has 112 valence electrons. The summed E-state index contributed by atoms with van der Waals surface area (Å²) in [5, 5.41) is 0. The molecule has 1 atom stereocenters. The molecular weight excluding hydrogens is 282 g/mol. The number of rotatable bonds is 6. The summed E-state index contributed by atoms with van der Waals surface area (Å²) < 4.78 is 38.4. The van der Waals surface area contributed by atoms with Crippen molar-refractivity contribution >= 4 is 9.84 Å². The molecule has 2 rings (SSSR count). The van der Waals surface area contributed by atoms with E-state index in [1.54, 1.807) is 6.07 Å². The van der Waals surface area contributed by atoms with Gasteiger partial charge < -0.3 is 19.9 Å². The Hall–Kier alpha value is -1.47. The van der Waals surface area contributed by atoms with Crippen molar-refractivity contribution in [2.45, 2.75) is 19.4 Å². The van der Waals surface area contributed by atoms with Crippen molar-refractivity contribution in [2.24, 2.45) is 5.73 Å². The van der Waals surface area contributed by atoms with Crippen LogP contribution >= 0.6 is 0 Å². The number of benzene rings is 1. The number of hydrogen-bond acceptors (Lipinski definition) is 6. The van der Waals surface area contributed by atoms with Crippen molar-refractivity contribution in [1.29, 1.82) is 0 Å². The fourth-order valence-electron chi connectivity index (χ4n) is 1.91. The Morgan fingerprint density at radius 1 is 1.35 bits per heavy atom. The molecule has 0 saturated heterocycles. The Bertz CT molecular complexity index is 583. The topological polar surface area (TPSA) is 87.9 Å². The molecule has 1 aliphatic rings. The molecule has 0 saturated carbocycles. The molecule has 0 aliphatic carbocycles. The second kappa shape index (κ2) is 5.88. The van der Waals surface area contributed by atoms with Crippen molar-refractivity contribution in [1.82, 2.24) is 0 Å². The SMILES string of the molecule is CC(N)Cc1cc2c(cc1OCCS(C)(=O)=O)OCO2. The number of nitrogens with two attached hydrogens (primary N) is 1. The van der Waals surface area contributed by atoms with Crippen LogP contribution in [0.3, 0.4) is 0 Å². The molecule has 0 radical (unpaired) electrons. The third kappa shape index (κ3) is 4.01. The van der Waals surface area contributed by atoms with Gasteiger partial charge >= 0.3 is 0 Å². The summed E-state index contributed by atoms with van der Waals surface area (Å²) in [6, 6.07) is 3.52. The lowest BCUT2D eigenvalue weighted by Crippen LogP contribution is -2.19. The standard InChI is InChI=1S/C13H19NO5S/c1-9(14)5-10-6-12-13(19-8-18-12)7-11(10)17-3-4-20(2,15)16/h6-7,9H,3-5,8,14H2,1-2H3. The zero-order valence-electron chi connectivity index (χ0n) is 11.6. The molecule has 6 nitrogen and oxygen atoms in total. The van der Waals surface area contributed by atoms with Crippen LogP contribution in [-0.4, -0.2) is 39.9 Å². The predicted octanol–water partition coefficient (Wildman–Crippen LogP) is 0.728. The van der Waals surface area contributed by atoms with Gasteiger partial charge in [0.05, 0.1) is 5.75 Å². The van der Waals surface area contributed by atoms with Gasteiger partial charge in [0.2, 0.25) is 6.79 Å². The highest BCUT2D eigenvalue weighted by molar-refractivity contribution is 7.90. The fourth-order valence-corrected chi connectivity index (χ4v) is 2.30. The van der Waals surface area contributed by atoms with Gasteiger partial charge in [0.15, 0.2) is 21.3 Å². The van der Waals surface area contributed by atoms with Crippen molar-refractivity contribution in [2.75, 3.05) is 25.4 Å². The summed E-state index contributed by atoms with van der Waals surface area (Å²) in [4.78, 5) is 0. The molecule has 2 N–H and O–H groups in total. The molecule has 7 heteroatoms. The van der Waals surface area contributed by atoms with Crippen molar-refractivity contribution < 1.29 is 22.6 Å². The molecule has 0 bridgehead atoms. The summed E-state index contributed by atoms with van der Waals surface area (Å²) in [5.41, 5.74) is 6.70. The first kappa shape index (κ1) is 14.9. The number of hydrogen-bond donors (Lipinski definition) is 1. The average molecular weight is 301 g/mol. The summed E-state index contributed by atoms with van der Waals surface area (Å²) in [7, 11) is -3.05. The summed E-state index contributed by atoms with van der Waals surface area (Å²) in [6.45, 7) is 2.18. The van der Waals surface area contributed by atoms with Crippen LogP contribution in [0, 0.1) is 0 Å². The first-order chi connectivity index (χ1) is 9.35. The molecule has 0 amide bonds. The second-order valence-corrected chi connectivity index (χ2v) is 7.23. The van der Waals surface area contributed by atoms with Crippen molar-refractivity contribution in [3.05, 3.63) is 17.7 Å². The largest absolute Gasteiger partial charge is 0.492 e. The lowest BCUT2D eigenvalue weighted by atomic mass is 10.1.